The van der Waals surface area contributed by atoms with Crippen molar-refractivity contribution in [3.8, 4) is 17.2 Å². The zero-order chi connectivity index (χ0) is 27.1. The lowest BCUT2D eigenvalue weighted by atomic mass is 9.79. The molecule has 8 heteroatoms. The molecule has 0 saturated heterocycles. The van der Waals surface area contributed by atoms with Gasteiger partial charge in [-0.05, 0) is 66.6 Å². The summed E-state index contributed by atoms with van der Waals surface area (Å²) in [5.74, 6) is -1.65. The van der Waals surface area contributed by atoms with Crippen molar-refractivity contribution in [2.45, 2.75) is 49.8 Å². The molecule has 3 aromatic carbocycles. The Morgan fingerprint density at radius 1 is 0.947 bits per heavy atom. The first-order chi connectivity index (χ1) is 18.3. The Hall–Kier alpha value is -4.48. The largest absolute Gasteiger partial charge is 0.393 e. The number of rotatable bonds is 8. The van der Waals surface area contributed by atoms with Crippen molar-refractivity contribution >= 4 is 17.7 Å². The molecule has 1 aliphatic carbocycles. The molecule has 4 rings (SSSR count). The average Bonchev–Trinajstić information content (AvgIpc) is 2.94. The molecular formula is C30H30N4O4. The van der Waals surface area contributed by atoms with E-state index < -0.39 is 35.4 Å². The van der Waals surface area contributed by atoms with Crippen molar-refractivity contribution < 1.29 is 19.5 Å². The number of aliphatic hydroxyl groups excluding tert-OH is 1. The second kappa shape index (κ2) is 11.7. The molecule has 3 aromatic rings. The number of hydrogen-bond acceptors (Lipinski definition) is 5. The zero-order valence-corrected chi connectivity index (χ0v) is 20.9. The number of carbonyl (C=O) groups excluding carboxylic acids is 3. The third kappa shape index (κ3) is 6.25. The van der Waals surface area contributed by atoms with Gasteiger partial charge in [0.25, 0.3) is 5.91 Å². The molecule has 1 fully saturated rings. The second-order valence-electron chi connectivity index (χ2n) is 9.65. The van der Waals surface area contributed by atoms with Gasteiger partial charge < -0.3 is 21.5 Å². The van der Waals surface area contributed by atoms with Crippen LogP contribution in [0.1, 0.15) is 47.2 Å². The van der Waals surface area contributed by atoms with Crippen LogP contribution >= 0.6 is 0 Å². The van der Waals surface area contributed by atoms with Gasteiger partial charge in [-0.1, -0.05) is 54.6 Å². The molecule has 1 aliphatic rings. The number of nitrogens with two attached hydrogens (primary N) is 1. The smallest absolute Gasteiger partial charge is 0.251 e. The topological polar surface area (TPSA) is 145 Å². The number of nitrogens with zero attached hydrogens (tertiary/aromatic N) is 1. The summed E-state index contributed by atoms with van der Waals surface area (Å²) >= 11 is 0. The van der Waals surface area contributed by atoms with Gasteiger partial charge >= 0.3 is 0 Å². The van der Waals surface area contributed by atoms with Gasteiger partial charge in [-0.15, -0.1) is 0 Å². The van der Waals surface area contributed by atoms with E-state index in [0.717, 1.165) is 16.7 Å². The first-order valence-corrected chi connectivity index (χ1v) is 12.5. The minimum absolute atomic E-state index is 0.142. The molecule has 5 N–H and O–H groups in total. The van der Waals surface area contributed by atoms with Crippen LogP contribution in [0.5, 0.6) is 0 Å². The molecule has 0 spiro atoms. The Kier molecular flexibility index (Phi) is 8.19. The lowest BCUT2D eigenvalue weighted by Gasteiger charge is -2.38. The van der Waals surface area contributed by atoms with Gasteiger partial charge in [-0.25, -0.2) is 0 Å². The number of primary amides is 1. The highest BCUT2D eigenvalue weighted by Crippen LogP contribution is 2.28. The van der Waals surface area contributed by atoms with E-state index in [1.807, 2.05) is 42.5 Å². The predicted molar refractivity (Wildman–Crippen MR) is 143 cm³/mol. The molecule has 0 bridgehead atoms. The summed E-state index contributed by atoms with van der Waals surface area (Å²) < 4.78 is 0. The van der Waals surface area contributed by atoms with Crippen molar-refractivity contribution in [2.75, 3.05) is 0 Å². The Balaban J connectivity index is 1.55. The molecule has 0 aromatic heterocycles. The van der Waals surface area contributed by atoms with Gasteiger partial charge in [-0.3, -0.25) is 14.4 Å². The Labute approximate surface area is 221 Å². The standard InChI is InChI=1S/C30H30N4O4/c31-19-21-8-6-20(7-9-21)18-26(28(37)34-30(29(32)38)16-14-25(35)15-17-30)33-27(36)24-12-10-23(11-13-24)22-4-2-1-3-5-22/h1-13,25-26,35H,14-18H2,(H2,32,38)(H,33,36)(H,34,37)/t25?,26-,30?/m0/s1. The number of hydrogen-bond donors (Lipinski definition) is 4. The van der Waals surface area contributed by atoms with E-state index in [9.17, 15) is 19.5 Å². The van der Waals surface area contributed by atoms with E-state index in [-0.39, 0.29) is 19.3 Å². The van der Waals surface area contributed by atoms with Crippen LogP contribution < -0.4 is 16.4 Å². The molecule has 8 nitrogen and oxygen atoms in total. The Bertz CT molecular complexity index is 1320. The molecule has 38 heavy (non-hydrogen) atoms. The quantitative estimate of drug-likeness (QED) is 0.368. The van der Waals surface area contributed by atoms with Crippen molar-refractivity contribution in [3.05, 3.63) is 95.6 Å². The van der Waals surface area contributed by atoms with Gasteiger partial charge in [-0.2, -0.15) is 5.26 Å². The zero-order valence-electron chi connectivity index (χ0n) is 20.9. The van der Waals surface area contributed by atoms with Crippen molar-refractivity contribution in [2.24, 2.45) is 5.73 Å². The summed E-state index contributed by atoms with van der Waals surface area (Å²) in [5, 5.41) is 24.6. The van der Waals surface area contributed by atoms with Crippen LogP contribution in [0, 0.1) is 11.3 Å². The summed E-state index contributed by atoms with van der Waals surface area (Å²) in [6, 6.07) is 24.6. The van der Waals surface area contributed by atoms with E-state index in [1.54, 1.807) is 36.4 Å². The van der Waals surface area contributed by atoms with E-state index in [4.69, 9.17) is 11.0 Å². The Morgan fingerprint density at radius 2 is 1.55 bits per heavy atom. The fourth-order valence-electron chi connectivity index (χ4n) is 4.70. The van der Waals surface area contributed by atoms with Gasteiger partial charge in [0.15, 0.2) is 0 Å². The summed E-state index contributed by atoms with van der Waals surface area (Å²) in [4.78, 5) is 39.0. The number of carbonyl (C=O) groups is 3. The number of aliphatic hydroxyl groups is 1. The van der Waals surface area contributed by atoms with Gasteiger partial charge in [0, 0.05) is 12.0 Å². The number of nitriles is 1. The fourth-order valence-corrected chi connectivity index (χ4v) is 4.70. The van der Waals surface area contributed by atoms with Crippen LogP contribution in [0.25, 0.3) is 11.1 Å². The van der Waals surface area contributed by atoms with E-state index in [0.29, 0.717) is 24.0 Å². The van der Waals surface area contributed by atoms with Gasteiger partial charge in [0.1, 0.15) is 11.6 Å². The normalized spacial score (nSPS) is 19.5. The highest BCUT2D eigenvalue weighted by atomic mass is 16.3. The number of benzene rings is 3. The summed E-state index contributed by atoms with van der Waals surface area (Å²) in [7, 11) is 0. The third-order valence-corrected chi connectivity index (χ3v) is 7.04. The SMILES string of the molecule is N#Cc1ccc(C[C@H](NC(=O)c2ccc(-c3ccccc3)cc2)C(=O)NC2(C(N)=O)CCC(O)CC2)cc1. The minimum atomic E-state index is -1.29. The van der Waals surface area contributed by atoms with Crippen molar-refractivity contribution in [3.63, 3.8) is 0 Å². The monoisotopic (exact) mass is 510 g/mol. The van der Waals surface area contributed by atoms with E-state index >= 15 is 0 Å². The fraction of sp³-hybridized carbons (Fsp3) is 0.267. The van der Waals surface area contributed by atoms with Crippen LogP contribution in [0.3, 0.4) is 0 Å². The van der Waals surface area contributed by atoms with Crippen LogP contribution in [0.15, 0.2) is 78.9 Å². The lowest BCUT2D eigenvalue weighted by molar-refractivity contribution is -0.134. The Morgan fingerprint density at radius 3 is 2.13 bits per heavy atom. The third-order valence-electron chi connectivity index (χ3n) is 7.04. The number of nitrogens with one attached hydrogen (secondary N) is 2. The van der Waals surface area contributed by atoms with Crippen molar-refractivity contribution in [1.29, 1.82) is 5.26 Å². The lowest BCUT2D eigenvalue weighted by Crippen LogP contribution is -2.63. The van der Waals surface area contributed by atoms with Crippen LogP contribution in [0.4, 0.5) is 0 Å². The minimum Gasteiger partial charge on any atom is -0.393 e. The molecule has 194 valence electrons. The molecule has 0 radical (unpaired) electrons. The molecule has 1 saturated carbocycles. The maximum absolute atomic E-state index is 13.5. The second-order valence-corrected chi connectivity index (χ2v) is 9.65. The van der Waals surface area contributed by atoms with E-state index in [1.165, 1.54) is 0 Å². The first kappa shape index (κ1) is 26.6. The molecule has 0 unspecified atom stereocenters. The summed E-state index contributed by atoms with van der Waals surface area (Å²) in [6.07, 6.45) is 0.699. The average molecular weight is 511 g/mol. The predicted octanol–water partition coefficient (Wildman–Crippen LogP) is 2.84. The molecule has 0 heterocycles. The highest BCUT2D eigenvalue weighted by molar-refractivity contribution is 5.99. The van der Waals surface area contributed by atoms with Crippen molar-refractivity contribution in [1.82, 2.24) is 10.6 Å². The van der Waals surface area contributed by atoms with Gasteiger partial charge in [0.05, 0.1) is 17.7 Å². The molecule has 1 atom stereocenters. The number of amides is 3. The summed E-state index contributed by atoms with van der Waals surface area (Å²) in [6.45, 7) is 0. The maximum atomic E-state index is 13.5. The molecule has 3 amide bonds. The van der Waals surface area contributed by atoms with Crippen LogP contribution in [0.2, 0.25) is 0 Å². The van der Waals surface area contributed by atoms with Crippen LogP contribution in [-0.4, -0.2) is 40.5 Å². The molecular weight excluding hydrogens is 480 g/mol. The first-order valence-electron chi connectivity index (χ1n) is 12.5. The van der Waals surface area contributed by atoms with Gasteiger partial charge in [0.2, 0.25) is 11.8 Å². The molecule has 0 aliphatic heterocycles. The van der Waals surface area contributed by atoms with E-state index in [2.05, 4.69) is 16.7 Å². The highest BCUT2D eigenvalue weighted by Gasteiger charge is 2.42. The maximum Gasteiger partial charge on any atom is 0.251 e. The summed E-state index contributed by atoms with van der Waals surface area (Å²) in [5.41, 5.74) is 7.96. The van der Waals surface area contributed by atoms with Crippen LogP contribution in [-0.2, 0) is 16.0 Å².